The first-order valence-electron chi connectivity index (χ1n) is 5.57. The van der Waals surface area contributed by atoms with Crippen molar-refractivity contribution in [3.63, 3.8) is 0 Å². The van der Waals surface area contributed by atoms with Crippen molar-refractivity contribution < 1.29 is 4.74 Å². The van der Waals surface area contributed by atoms with Crippen molar-refractivity contribution in [1.82, 2.24) is 9.97 Å². The number of nitrogens with zero attached hydrogens (tertiary/aromatic N) is 3. The van der Waals surface area contributed by atoms with Crippen molar-refractivity contribution in [3.8, 4) is 6.01 Å². The van der Waals surface area contributed by atoms with Crippen LogP contribution in [0.4, 0.5) is 5.82 Å². The van der Waals surface area contributed by atoms with E-state index in [0.29, 0.717) is 17.0 Å². The van der Waals surface area contributed by atoms with Crippen LogP contribution in [0.1, 0.15) is 13.3 Å². The first kappa shape index (κ1) is 12.7. The standard InChI is InChI=1S/C11H15Cl2N3O/c1-7-6-16(4-3-8(7)12)10-9(13)5-14-11(15-10)17-2/h5,7-8H,3-4,6H2,1-2H3. The summed E-state index contributed by atoms with van der Waals surface area (Å²) >= 11 is 12.3. The van der Waals surface area contributed by atoms with Gasteiger partial charge in [-0.3, -0.25) is 0 Å². The molecule has 0 amide bonds. The highest BCUT2D eigenvalue weighted by atomic mass is 35.5. The van der Waals surface area contributed by atoms with Crippen molar-refractivity contribution in [2.24, 2.45) is 5.92 Å². The molecule has 0 N–H and O–H groups in total. The molecule has 2 atom stereocenters. The highest BCUT2D eigenvalue weighted by Crippen LogP contribution is 2.30. The molecular weight excluding hydrogens is 261 g/mol. The highest BCUT2D eigenvalue weighted by molar-refractivity contribution is 6.32. The Kier molecular flexibility index (Phi) is 3.94. The zero-order valence-electron chi connectivity index (χ0n) is 9.86. The van der Waals surface area contributed by atoms with Crippen LogP contribution in [0.5, 0.6) is 6.01 Å². The average molecular weight is 276 g/mol. The Morgan fingerprint density at radius 1 is 1.53 bits per heavy atom. The quantitative estimate of drug-likeness (QED) is 0.778. The number of ether oxygens (including phenoxy) is 1. The lowest BCUT2D eigenvalue weighted by Crippen LogP contribution is -2.40. The van der Waals surface area contributed by atoms with Gasteiger partial charge in [0, 0.05) is 18.5 Å². The van der Waals surface area contributed by atoms with Crippen LogP contribution >= 0.6 is 23.2 Å². The Morgan fingerprint density at radius 2 is 2.29 bits per heavy atom. The molecule has 2 unspecified atom stereocenters. The summed E-state index contributed by atoms with van der Waals surface area (Å²) in [5.74, 6) is 1.15. The second-order valence-electron chi connectivity index (χ2n) is 4.26. The molecule has 2 rings (SSSR count). The maximum absolute atomic E-state index is 6.20. The van der Waals surface area contributed by atoms with Crippen LogP contribution in [0.25, 0.3) is 0 Å². The number of anilines is 1. The molecule has 17 heavy (non-hydrogen) atoms. The van der Waals surface area contributed by atoms with Crippen molar-refractivity contribution in [1.29, 1.82) is 0 Å². The minimum absolute atomic E-state index is 0.230. The van der Waals surface area contributed by atoms with E-state index >= 15 is 0 Å². The van der Waals surface area contributed by atoms with Crippen molar-refractivity contribution >= 4 is 29.0 Å². The van der Waals surface area contributed by atoms with E-state index in [1.165, 1.54) is 0 Å². The molecule has 1 saturated heterocycles. The van der Waals surface area contributed by atoms with E-state index in [0.717, 1.165) is 25.3 Å². The van der Waals surface area contributed by atoms with Crippen LogP contribution in [-0.2, 0) is 0 Å². The summed E-state index contributed by atoms with van der Waals surface area (Å²) in [7, 11) is 1.54. The van der Waals surface area contributed by atoms with Gasteiger partial charge in [0.15, 0.2) is 5.82 Å². The zero-order chi connectivity index (χ0) is 12.4. The monoisotopic (exact) mass is 275 g/mol. The van der Waals surface area contributed by atoms with Gasteiger partial charge in [0.25, 0.3) is 0 Å². The van der Waals surface area contributed by atoms with Gasteiger partial charge in [0.05, 0.1) is 13.3 Å². The highest BCUT2D eigenvalue weighted by Gasteiger charge is 2.26. The molecule has 0 radical (unpaired) electrons. The van der Waals surface area contributed by atoms with Gasteiger partial charge in [0.2, 0.25) is 0 Å². The molecule has 1 aromatic heterocycles. The van der Waals surface area contributed by atoms with Crippen LogP contribution in [0.15, 0.2) is 6.20 Å². The van der Waals surface area contributed by atoms with E-state index in [9.17, 15) is 0 Å². The first-order valence-corrected chi connectivity index (χ1v) is 6.38. The van der Waals surface area contributed by atoms with Gasteiger partial charge in [0.1, 0.15) is 5.02 Å². The van der Waals surface area contributed by atoms with Gasteiger partial charge in [-0.15, -0.1) is 11.6 Å². The van der Waals surface area contributed by atoms with E-state index in [2.05, 4.69) is 21.8 Å². The minimum Gasteiger partial charge on any atom is -0.467 e. The molecule has 0 aromatic carbocycles. The van der Waals surface area contributed by atoms with Crippen LogP contribution in [0.2, 0.25) is 5.02 Å². The molecule has 0 spiro atoms. The third kappa shape index (κ3) is 2.75. The number of rotatable bonds is 2. The predicted molar refractivity (Wildman–Crippen MR) is 69.2 cm³/mol. The lowest BCUT2D eigenvalue weighted by Gasteiger charge is -2.35. The fraction of sp³-hybridized carbons (Fsp3) is 0.636. The molecule has 0 bridgehead atoms. The Morgan fingerprint density at radius 3 is 2.94 bits per heavy atom. The Balaban J connectivity index is 2.21. The smallest absolute Gasteiger partial charge is 0.318 e. The molecule has 0 aliphatic carbocycles. The molecule has 1 aromatic rings. The summed E-state index contributed by atoms with van der Waals surface area (Å²) in [6.45, 7) is 3.85. The molecule has 6 heteroatoms. The van der Waals surface area contributed by atoms with E-state index in [4.69, 9.17) is 27.9 Å². The minimum atomic E-state index is 0.230. The third-order valence-corrected chi connectivity index (χ3v) is 3.90. The van der Waals surface area contributed by atoms with Crippen molar-refractivity contribution in [2.45, 2.75) is 18.7 Å². The number of piperidine rings is 1. The molecule has 1 aliphatic rings. The van der Waals surface area contributed by atoms with E-state index in [1.54, 1.807) is 13.3 Å². The maximum atomic E-state index is 6.20. The van der Waals surface area contributed by atoms with Gasteiger partial charge in [-0.25, -0.2) is 4.98 Å². The molecule has 4 nitrogen and oxygen atoms in total. The molecule has 1 fully saturated rings. The Bertz CT molecular complexity index is 402. The lowest BCUT2D eigenvalue weighted by molar-refractivity contribution is 0.378. The molecular formula is C11H15Cl2N3O. The first-order chi connectivity index (χ1) is 8.11. The summed E-state index contributed by atoms with van der Waals surface area (Å²) in [5.41, 5.74) is 0. The number of halogens is 2. The van der Waals surface area contributed by atoms with Crippen LogP contribution in [-0.4, -0.2) is 35.5 Å². The van der Waals surface area contributed by atoms with Crippen molar-refractivity contribution in [2.75, 3.05) is 25.1 Å². The van der Waals surface area contributed by atoms with Gasteiger partial charge in [-0.2, -0.15) is 4.98 Å². The fourth-order valence-corrected chi connectivity index (χ4v) is 2.36. The van der Waals surface area contributed by atoms with Gasteiger partial charge >= 0.3 is 6.01 Å². The van der Waals surface area contributed by atoms with Crippen LogP contribution in [0, 0.1) is 5.92 Å². The Hall–Kier alpha value is -0.740. The average Bonchev–Trinajstić information content (AvgIpc) is 2.33. The molecule has 1 aliphatic heterocycles. The van der Waals surface area contributed by atoms with E-state index in [-0.39, 0.29) is 5.38 Å². The number of hydrogen-bond donors (Lipinski definition) is 0. The number of methoxy groups -OCH3 is 1. The SMILES string of the molecule is COc1ncc(Cl)c(N2CCC(Cl)C(C)C2)n1. The fourth-order valence-electron chi connectivity index (χ4n) is 1.97. The normalized spacial score (nSPS) is 24.8. The summed E-state index contributed by atoms with van der Waals surface area (Å²) in [4.78, 5) is 10.4. The summed E-state index contributed by atoms with van der Waals surface area (Å²) in [6.07, 6.45) is 2.51. The van der Waals surface area contributed by atoms with Gasteiger partial charge in [-0.05, 0) is 12.3 Å². The number of alkyl halides is 1. The molecule has 94 valence electrons. The zero-order valence-corrected chi connectivity index (χ0v) is 11.4. The second kappa shape index (κ2) is 5.27. The summed E-state index contributed by atoms with van der Waals surface area (Å²) in [6, 6.07) is 0.338. The Labute approximate surface area is 111 Å². The van der Waals surface area contributed by atoms with Gasteiger partial charge < -0.3 is 9.64 Å². The lowest BCUT2D eigenvalue weighted by atomic mass is 10.00. The summed E-state index contributed by atoms with van der Waals surface area (Å²) in [5, 5.41) is 0.778. The topological polar surface area (TPSA) is 38.2 Å². The largest absolute Gasteiger partial charge is 0.467 e. The van der Waals surface area contributed by atoms with Gasteiger partial charge in [-0.1, -0.05) is 18.5 Å². The predicted octanol–water partition coefficient (Wildman–Crippen LogP) is 2.59. The number of hydrogen-bond acceptors (Lipinski definition) is 4. The van der Waals surface area contributed by atoms with E-state index < -0.39 is 0 Å². The third-order valence-electron chi connectivity index (χ3n) is 2.99. The maximum Gasteiger partial charge on any atom is 0.318 e. The van der Waals surface area contributed by atoms with Crippen molar-refractivity contribution in [3.05, 3.63) is 11.2 Å². The molecule has 2 heterocycles. The summed E-state index contributed by atoms with van der Waals surface area (Å²) < 4.78 is 5.02. The second-order valence-corrected chi connectivity index (χ2v) is 5.22. The molecule has 0 saturated carbocycles. The van der Waals surface area contributed by atoms with E-state index in [1.807, 2.05) is 0 Å². The van der Waals surface area contributed by atoms with Crippen LogP contribution in [0.3, 0.4) is 0 Å². The van der Waals surface area contributed by atoms with Crippen LogP contribution < -0.4 is 9.64 Å². The number of aromatic nitrogens is 2.